The molecule has 0 aromatic heterocycles. The second-order valence-electron chi connectivity index (χ2n) is 8.62. The molecule has 1 N–H and O–H groups in total. The van der Waals surface area contributed by atoms with Crippen LogP contribution in [0.25, 0.3) is 0 Å². The van der Waals surface area contributed by atoms with Crippen LogP contribution >= 0.6 is 24.8 Å². The number of nitrogens with zero attached hydrogens (tertiary/aromatic N) is 1. The molecule has 0 amide bonds. The summed E-state index contributed by atoms with van der Waals surface area (Å²) in [6.07, 6.45) is 2.36. The van der Waals surface area contributed by atoms with Gasteiger partial charge in [-0.15, -0.1) is 24.8 Å². The van der Waals surface area contributed by atoms with Crippen LogP contribution in [0.2, 0.25) is 0 Å². The van der Waals surface area contributed by atoms with Crippen LogP contribution in [-0.4, -0.2) is 31.1 Å². The number of piperidine rings is 1. The highest BCUT2D eigenvalue weighted by Crippen LogP contribution is 2.29. The molecule has 3 aromatic carbocycles. The average Bonchev–Trinajstić information content (AvgIpc) is 2.84. The van der Waals surface area contributed by atoms with Gasteiger partial charge in [0.1, 0.15) is 6.61 Å². The fourth-order valence-electron chi connectivity index (χ4n) is 4.27. The summed E-state index contributed by atoms with van der Waals surface area (Å²) in [6, 6.07) is 25.9. The molecular formula is C28H36Cl2N2O2. The minimum absolute atomic E-state index is 0. The standard InChI is InChI=1S/C28H34N2O2.2ClH/c1-22-8-6-7-11-25(22)21-32-27-13-12-24(18-28(27)31-2)19-29-26-14-16-30(17-15-26)20-23-9-4-3-5-10-23;;/h3-13,18,26,29H,14-17,19-21H2,1-2H3;2*1H. The number of ether oxygens (including phenoxy) is 2. The number of likely N-dealkylation sites (tertiary alicyclic amines) is 1. The van der Waals surface area contributed by atoms with Gasteiger partial charge in [-0.05, 0) is 67.2 Å². The van der Waals surface area contributed by atoms with Gasteiger partial charge in [0, 0.05) is 19.1 Å². The van der Waals surface area contributed by atoms with Crippen molar-refractivity contribution in [2.24, 2.45) is 0 Å². The predicted molar refractivity (Wildman–Crippen MR) is 145 cm³/mol. The molecule has 6 heteroatoms. The molecule has 34 heavy (non-hydrogen) atoms. The Morgan fingerprint density at radius 3 is 2.26 bits per heavy atom. The van der Waals surface area contributed by atoms with Gasteiger partial charge in [0.05, 0.1) is 7.11 Å². The molecule has 0 atom stereocenters. The minimum Gasteiger partial charge on any atom is -0.493 e. The van der Waals surface area contributed by atoms with Crippen LogP contribution in [0.5, 0.6) is 11.5 Å². The van der Waals surface area contributed by atoms with Crippen LogP contribution in [0.15, 0.2) is 72.8 Å². The van der Waals surface area contributed by atoms with Crippen molar-refractivity contribution in [3.8, 4) is 11.5 Å². The monoisotopic (exact) mass is 502 g/mol. The van der Waals surface area contributed by atoms with Crippen molar-refractivity contribution in [2.75, 3.05) is 20.2 Å². The summed E-state index contributed by atoms with van der Waals surface area (Å²) in [5.74, 6) is 1.57. The Morgan fingerprint density at radius 2 is 1.56 bits per heavy atom. The Hall–Kier alpha value is -2.24. The quantitative estimate of drug-likeness (QED) is 0.378. The van der Waals surface area contributed by atoms with Gasteiger partial charge in [0.25, 0.3) is 0 Å². The summed E-state index contributed by atoms with van der Waals surface area (Å²) in [5, 5.41) is 3.74. The number of hydrogen-bond donors (Lipinski definition) is 1. The van der Waals surface area contributed by atoms with Gasteiger partial charge in [0.15, 0.2) is 11.5 Å². The SMILES string of the molecule is COc1cc(CNC2CCN(Cc3ccccc3)CC2)ccc1OCc1ccccc1C.Cl.Cl. The molecule has 0 unspecified atom stereocenters. The summed E-state index contributed by atoms with van der Waals surface area (Å²) in [5.41, 5.74) is 5.05. The molecule has 1 saturated heterocycles. The van der Waals surface area contributed by atoms with E-state index in [-0.39, 0.29) is 24.8 Å². The van der Waals surface area contributed by atoms with Crippen LogP contribution in [0, 0.1) is 6.92 Å². The van der Waals surface area contributed by atoms with E-state index in [4.69, 9.17) is 9.47 Å². The highest BCUT2D eigenvalue weighted by atomic mass is 35.5. The number of nitrogens with one attached hydrogen (secondary N) is 1. The molecule has 0 saturated carbocycles. The maximum absolute atomic E-state index is 6.05. The number of aryl methyl sites for hydroxylation is 1. The van der Waals surface area contributed by atoms with E-state index in [1.165, 1.54) is 35.1 Å². The van der Waals surface area contributed by atoms with E-state index in [2.05, 4.69) is 71.7 Å². The molecular weight excluding hydrogens is 467 g/mol. The van der Waals surface area contributed by atoms with E-state index in [9.17, 15) is 0 Å². The maximum Gasteiger partial charge on any atom is 0.161 e. The van der Waals surface area contributed by atoms with Crippen molar-refractivity contribution in [3.63, 3.8) is 0 Å². The van der Waals surface area contributed by atoms with Gasteiger partial charge < -0.3 is 14.8 Å². The second kappa shape index (κ2) is 14.2. The number of benzene rings is 3. The van der Waals surface area contributed by atoms with Crippen molar-refractivity contribution in [3.05, 3.63) is 95.1 Å². The van der Waals surface area contributed by atoms with E-state index < -0.39 is 0 Å². The molecule has 0 spiro atoms. The zero-order chi connectivity index (χ0) is 22.2. The van der Waals surface area contributed by atoms with Gasteiger partial charge in [0.2, 0.25) is 0 Å². The Kier molecular flexibility index (Phi) is 11.7. The van der Waals surface area contributed by atoms with E-state index >= 15 is 0 Å². The molecule has 3 aromatic rings. The van der Waals surface area contributed by atoms with E-state index in [0.29, 0.717) is 12.6 Å². The molecule has 1 aliphatic heterocycles. The van der Waals surface area contributed by atoms with Gasteiger partial charge >= 0.3 is 0 Å². The van der Waals surface area contributed by atoms with Crippen molar-refractivity contribution < 1.29 is 9.47 Å². The first kappa shape index (κ1) is 28.0. The van der Waals surface area contributed by atoms with Crippen LogP contribution in [0.3, 0.4) is 0 Å². The number of rotatable bonds is 9. The topological polar surface area (TPSA) is 33.7 Å². The van der Waals surface area contributed by atoms with Crippen LogP contribution in [-0.2, 0) is 19.7 Å². The smallest absolute Gasteiger partial charge is 0.161 e. The highest BCUT2D eigenvalue weighted by Gasteiger charge is 2.19. The fraction of sp³-hybridized carbons (Fsp3) is 0.357. The van der Waals surface area contributed by atoms with Gasteiger partial charge in [-0.1, -0.05) is 60.7 Å². The number of hydrogen-bond acceptors (Lipinski definition) is 4. The molecule has 4 rings (SSSR count). The lowest BCUT2D eigenvalue weighted by molar-refractivity contribution is 0.190. The normalized spacial score (nSPS) is 14.1. The van der Waals surface area contributed by atoms with Crippen LogP contribution < -0.4 is 14.8 Å². The first-order valence-electron chi connectivity index (χ1n) is 11.5. The fourth-order valence-corrected chi connectivity index (χ4v) is 4.27. The van der Waals surface area contributed by atoms with Crippen LogP contribution in [0.1, 0.15) is 35.1 Å². The second-order valence-corrected chi connectivity index (χ2v) is 8.62. The molecule has 4 nitrogen and oxygen atoms in total. The Bertz CT molecular complexity index is 993. The zero-order valence-corrected chi connectivity index (χ0v) is 21.7. The lowest BCUT2D eigenvalue weighted by atomic mass is 10.0. The lowest BCUT2D eigenvalue weighted by Crippen LogP contribution is -2.41. The Morgan fingerprint density at radius 1 is 0.853 bits per heavy atom. The zero-order valence-electron chi connectivity index (χ0n) is 20.0. The molecule has 1 heterocycles. The van der Waals surface area contributed by atoms with E-state index in [0.717, 1.165) is 37.7 Å². The minimum atomic E-state index is 0. The van der Waals surface area contributed by atoms with Crippen LogP contribution in [0.4, 0.5) is 0 Å². The average molecular weight is 504 g/mol. The summed E-state index contributed by atoms with van der Waals surface area (Å²) in [4.78, 5) is 2.55. The first-order valence-corrected chi connectivity index (χ1v) is 11.5. The molecule has 1 aliphatic rings. The maximum atomic E-state index is 6.05. The Balaban J connectivity index is 0.00000204. The Labute approximate surface area is 216 Å². The van der Waals surface area contributed by atoms with E-state index in [1.54, 1.807) is 7.11 Å². The summed E-state index contributed by atoms with van der Waals surface area (Å²) in [7, 11) is 1.70. The number of methoxy groups -OCH3 is 1. The van der Waals surface area contributed by atoms with Gasteiger partial charge in [-0.25, -0.2) is 0 Å². The largest absolute Gasteiger partial charge is 0.493 e. The first-order chi connectivity index (χ1) is 15.7. The molecule has 0 radical (unpaired) electrons. The predicted octanol–water partition coefficient (Wildman–Crippen LogP) is 6.18. The molecule has 184 valence electrons. The summed E-state index contributed by atoms with van der Waals surface area (Å²) >= 11 is 0. The molecule has 1 fully saturated rings. The van der Waals surface area contributed by atoms with Gasteiger partial charge in [-0.2, -0.15) is 0 Å². The lowest BCUT2D eigenvalue weighted by Gasteiger charge is -2.32. The van der Waals surface area contributed by atoms with Crippen molar-refractivity contribution in [1.29, 1.82) is 0 Å². The van der Waals surface area contributed by atoms with Crippen molar-refractivity contribution in [1.82, 2.24) is 10.2 Å². The third-order valence-electron chi connectivity index (χ3n) is 6.30. The highest BCUT2D eigenvalue weighted by molar-refractivity contribution is 5.85. The molecule has 0 aliphatic carbocycles. The summed E-state index contributed by atoms with van der Waals surface area (Å²) < 4.78 is 11.7. The van der Waals surface area contributed by atoms with Crippen molar-refractivity contribution >= 4 is 24.8 Å². The number of halogens is 2. The third kappa shape index (κ3) is 7.92. The molecule has 0 bridgehead atoms. The van der Waals surface area contributed by atoms with Gasteiger partial charge in [-0.3, -0.25) is 4.90 Å². The van der Waals surface area contributed by atoms with E-state index in [1.807, 2.05) is 18.2 Å². The summed E-state index contributed by atoms with van der Waals surface area (Å²) in [6.45, 7) is 6.83. The van der Waals surface area contributed by atoms with Crippen molar-refractivity contribution in [2.45, 2.75) is 45.5 Å². The third-order valence-corrected chi connectivity index (χ3v) is 6.30.